The van der Waals surface area contributed by atoms with Gasteiger partial charge in [-0.1, -0.05) is 41.0 Å². The number of hydrogen-bond acceptors (Lipinski definition) is 7. The summed E-state index contributed by atoms with van der Waals surface area (Å²) in [6.45, 7) is 4.55. The predicted octanol–water partition coefficient (Wildman–Crippen LogP) is 3.91. The summed E-state index contributed by atoms with van der Waals surface area (Å²) in [6.07, 6.45) is 5.63. The van der Waals surface area contributed by atoms with Gasteiger partial charge in [-0.05, 0) is 31.9 Å². The Kier molecular flexibility index (Phi) is 5.31. The molecule has 2 saturated heterocycles. The molecule has 2 atom stereocenters. The van der Waals surface area contributed by atoms with E-state index in [1.165, 1.54) is 11.8 Å². The maximum absolute atomic E-state index is 6.45. The van der Waals surface area contributed by atoms with E-state index in [0.29, 0.717) is 10.0 Å². The summed E-state index contributed by atoms with van der Waals surface area (Å²) >= 11 is 14.0. The van der Waals surface area contributed by atoms with Gasteiger partial charge in [-0.3, -0.25) is 0 Å². The van der Waals surface area contributed by atoms with Crippen molar-refractivity contribution in [2.45, 2.75) is 41.7 Å². The Balaban J connectivity index is 1.40. The Morgan fingerprint density at radius 2 is 2.03 bits per heavy atom. The van der Waals surface area contributed by atoms with Gasteiger partial charge < -0.3 is 15.4 Å². The zero-order valence-corrected chi connectivity index (χ0v) is 18.8. The number of hydrogen-bond donors (Lipinski definition) is 1. The van der Waals surface area contributed by atoms with Crippen molar-refractivity contribution in [3.8, 4) is 0 Å². The topological polar surface area (TPSA) is 81.6 Å². The van der Waals surface area contributed by atoms with Crippen molar-refractivity contribution in [2.24, 2.45) is 11.1 Å². The van der Waals surface area contributed by atoms with Crippen LogP contribution in [0.15, 0.2) is 40.5 Å². The van der Waals surface area contributed by atoms with E-state index in [9.17, 15) is 0 Å². The fraction of sp³-hybridized carbons (Fsp3) is 0.450. The Hall–Kier alpha value is -1.58. The molecule has 5 rings (SSSR count). The molecule has 10 heteroatoms. The summed E-state index contributed by atoms with van der Waals surface area (Å²) in [5.74, 6) is 0.840. The monoisotopic (exact) mass is 464 g/mol. The van der Waals surface area contributed by atoms with Crippen LogP contribution in [-0.2, 0) is 4.74 Å². The van der Waals surface area contributed by atoms with Crippen LogP contribution in [0.2, 0.25) is 10.0 Å². The molecule has 3 aromatic rings. The fourth-order valence-corrected chi connectivity index (χ4v) is 5.79. The Labute approximate surface area is 188 Å². The summed E-state index contributed by atoms with van der Waals surface area (Å²) in [4.78, 5) is 8.75. The molecule has 4 heterocycles. The molecule has 2 aliphatic heterocycles. The van der Waals surface area contributed by atoms with Crippen LogP contribution in [0, 0.1) is 5.41 Å². The summed E-state index contributed by atoms with van der Waals surface area (Å²) in [7, 11) is 0. The minimum absolute atomic E-state index is 0.0708. The molecule has 1 spiro atoms. The maximum Gasteiger partial charge on any atom is 0.212 e. The van der Waals surface area contributed by atoms with Crippen molar-refractivity contribution >= 4 is 46.6 Å². The van der Waals surface area contributed by atoms with Gasteiger partial charge in [0, 0.05) is 35.6 Å². The summed E-state index contributed by atoms with van der Waals surface area (Å²) in [5.41, 5.74) is 7.27. The predicted molar refractivity (Wildman–Crippen MR) is 119 cm³/mol. The van der Waals surface area contributed by atoms with E-state index in [-0.39, 0.29) is 17.6 Å². The van der Waals surface area contributed by atoms with Crippen molar-refractivity contribution in [1.82, 2.24) is 19.6 Å². The lowest BCUT2D eigenvalue weighted by molar-refractivity contribution is 0.0973. The van der Waals surface area contributed by atoms with Gasteiger partial charge in [-0.25, -0.2) is 9.38 Å². The number of anilines is 1. The molecule has 30 heavy (non-hydrogen) atoms. The lowest BCUT2D eigenvalue weighted by atomic mass is 9.73. The second kappa shape index (κ2) is 7.84. The number of fused-ring (bicyclic) bond motifs is 1. The third-order valence-corrected chi connectivity index (χ3v) is 8.30. The minimum Gasteiger partial charge on any atom is -0.376 e. The van der Waals surface area contributed by atoms with E-state index in [4.69, 9.17) is 38.7 Å². The number of ether oxygens (including phenoxy) is 1. The van der Waals surface area contributed by atoms with E-state index >= 15 is 0 Å². The summed E-state index contributed by atoms with van der Waals surface area (Å²) < 4.78 is 7.78. The number of nitrogens with zero attached hydrogens (tertiary/aromatic N) is 5. The Morgan fingerprint density at radius 3 is 2.77 bits per heavy atom. The first kappa shape index (κ1) is 20.3. The molecule has 2 aromatic heterocycles. The molecular formula is C20H22Cl2N6OS. The van der Waals surface area contributed by atoms with Gasteiger partial charge in [-0.15, -0.1) is 10.2 Å². The quantitative estimate of drug-likeness (QED) is 0.628. The van der Waals surface area contributed by atoms with E-state index in [1.807, 2.05) is 22.7 Å². The molecule has 2 N–H and O–H groups in total. The molecule has 0 aliphatic carbocycles. The van der Waals surface area contributed by atoms with Crippen LogP contribution in [-0.4, -0.2) is 51.4 Å². The molecule has 158 valence electrons. The van der Waals surface area contributed by atoms with Crippen LogP contribution >= 0.6 is 35.0 Å². The van der Waals surface area contributed by atoms with Gasteiger partial charge >= 0.3 is 0 Å². The van der Waals surface area contributed by atoms with Crippen molar-refractivity contribution in [1.29, 1.82) is 0 Å². The van der Waals surface area contributed by atoms with E-state index in [1.54, 1.807) is 12.4 Å². The third kappa shape index (κ3) is 3.35. The zero-order valence-electron chi connectivity index (χ0n) is 16.5. The second-order valence-corrected chi connectivity index (χ2v) is 9.86. The van der Waals surface area contributed by atoms with Crippen molar-refractivity contribution in [3.05, 3.63) is 40.8 Å². The molecule has 1 aromatic carbocycles. The van der Waals surface area contributed by atoms with Gasteiger partial charge in [0.25, 0.3) is 0 Å². The SMILES string of the molecule is C[C@@H]1OCC2(CCN(c3ncc(Sc4cccc(Cl)c4Cl)c4nncn34)CC2)[C@@H]1N. The third-order valence-electron chi connectivity index (χ3n) is 6.31. The van der Waals surface area contributed by atoms with Crippen molar-refractivity contribution in [3.63, 3.8) is 0 Å². The van der Waals surface area contributed by atoms with Crippen LogP contribution in [0.4, 0.5) is 5.95 Å². The average Bonchev–Trinajstić information content (AvgIpc) is 3.35. The number of rotatable bonds is 3. The zero-order chi connectivity index (χ0) is 20.9. The Morgan fingerprint density at radius 1 is 1.23 bits per heavy atom. The molecule has 0 bridgehead atoms. The van der Waals surface area contributed by atoms with Gasteiger partial charge in [0.1, 0.15) is 6.33 Å². The highest BCUT2D eigenvalue weighted by Crippen LogP contribution is 2.42. The largest absolute Gasteiger partial charge is 0.376 e. The molecule has 7 nitrogen and oxygen atoms in total. The van der Waals surface area contributed by atoms with Gasteiger partial charge in [0.05, 0.1) is 27.7 Å². The number of benzene rings is 1. The highest BCUT2D eigenvalue weighted by atomic mass is 35.5. The van der Waals surface area contributed by atoms with E-state index < -0.39 is 0 Å². The van der Waals surface area contributed by atoms with Crippen LogP contribution in [0.5, 0.6) is 0 Å². The van der Waals surface area contributed by atoms with Crippen LogP contribution in [0.25, 0.3) is 5.65 Å². The average molecular weight is 465 g/mol. The lowest BCUT2D eigenvalue weighted by Gasteiger charge is -2.41. The molecular weight excluding hydrogens is 443 g/mol. The van der Waals surface area contributed by atoms with Crippen LogP contribution in [0.3, 0.4) is 0 Å². The highest BCUT2D eigenvalue weighted by molar-refractivity contribution is 7.99. The Bertz CT molecular complexity index is 1080. The minimum atomic E-state index is 0.0708. The lowest BCUT2D eigenvalue weighted by Crippen LogP contribution is -2.51. The highest BCUT2D eigenvalue weighted by Gasteiger charge is 2.47. The normalized spacial score (nSPS) is 23.5. The van der Waals surface area contributed by atoms with Crippen molar-refractivity contribution < 1.29 is 4.74 Å². The fourth-order valence-electron chi connectivity index (χ4n) is 4.40. The molecule has 0 radical (unpaired) electrons. The van der Waals surface area contributed by atoms with Gasteiger partial charge in [0.15, 0.2) is 5.65 Å². The van der Waals surface area contributed by atoms with Gasteiger partial charge in [-0.2, -0.15) is 0 Å². The van der Waals surface area contributed by atoms with E-state index in [0.717, 1.165) is 53.9 Å². The number of halogens is 2. The number of aromatic nitrogens is 4. The van der Waals surface area contributed by atoms with E-state index in [2.05, 4.69) is 22.0 Å². The maximum atomic E-state index is 6.45. The van der Waals surface area contributed by atoms with Crippen molar-refractivity contribution in [2.75, 3.05) is 24.6 Å². The van der Waals surface area contributed by atoms with Gasteiger partial charge in [0.2, 0.25) is 5.95 Å². The molecule has 0 amide bonds. The molecule has 2 aliphatic rings. The van der Waals surface area contributed by atoms with Crippen LogP contribution < -0.4 is 10.6 Å². The summed E-state index contributed by atoms with van der Waals surface area (Å²) in [6, 6.07) is 5.66. The first-order valence-electron chi connectivity index (χ1n) is 9.91. The molecule has 2 fully saturated rings. The molecule has 0 unspecified atom stereocenters. The summed E-state index contributed by atoms with van der Waals surface area (Å²) in [5, 5.41) is 9.50. The second-order valence-electron chi connectivity index (χ2n) is 7.99. The standard InChI is InChI=1S/C20H22Cl2N6OS/c1-12-17(23)20(10-29-12)5-7-27(8-6-20)19-24-9-15(18-26-25-11-28(18)19)30-14-4-2-3-13(21)16(14)22/h2-4,9,11-12,17H,5-8,10,23H2,1H3/t12-,17+/m0/s1. The molecule has 0 saturated carbocycles. The van der Waals surface area contributed by atoms with Crippen LogP contribution in [0.1, 0.15) is 19.8 Å². The first-order chi connectivity index (χ1) is 14.5. The first-order valence-corrected chi connectivity index (χ1v) is 11.5. The smallest absolute Gasteiger partial charge is 0.212 e. The number of piperidine rings is 1. The number of nitrogens with two attached hydrogens (primary N) is 1.